The summed E-state index contributed by atoms with van der Waals surface area (Å²) in [6.45, 7) is 6.33. The molecule has 1 heterocycles. The van der Waals surface area contributed by atoms with Crippen molar-refractivity contribution in [2.24, 2.45) is 0 Å². The van der Waals surface area contributed by atoms with Crippen LogP contribution >= 0.6 is 0 Å². The number of benzene rings is 1. The van der Waals surface area contributed by atoms with Crippen molar-refractivity contribution in [1.29, 1.82) is 0 Å². The van der Waals surface area contributed by atoms with Gasteiger partial charge in [0.05, 0.1) is 6.04 Å². The van der Waals surface area contributed by atoms with E-state index in [4.69, 9.17) is 0 Å². The number of carbonyl (C=O) groups is 2. The SMILES string of the molecule is CC(=O)N1CCN([C@@H](C)C(=O)Nc2ccc(N(C)C)cc2)CC1. The molecule has 1 aliphatic heterocycles. The predicted octanol–water partition coefficient (Wildman–Crippen LogP) is 1.24. The monoisotopic (exact) mass is 318 g/mol. The molecule has 126 valence electrons. The number of hydrogen-bond donors (Lipinski definition) is 1. The summed E-state index contributed by atoms with van der Waals surface area (Å²) in [7, 11) is 3.96. The molecule has 0 unspecified atom stereocenters. The van der Waals surface area contributed by atoms with Crippen LogP contribution in [0.2, 0.25) is 0 Å². The zero-order valence-electron chi connectivity index (χ0n) is 14.4. The average molecular weight is 318 g/mol. The molecule has 1 aromatic carbocycles. The van der Waals surface area contributed by atoms with Gasteiger partial charge in [-0.15, -0.1) is 0 Å². The summed E-state index contributed by atoms with van der Waals surface area (Å²) in [5, 5.41) is 2.96. The third-order valence-corrected chi connectivity index (χ3v) is 4.34. The lowest BCUT2D eigenvalue weighted by Crippen LogP contribution is -2.53. The van der Waals surface area contributed by atoms with Crippen molar-refractivity contribution in [2.45, 2.75) is 19.9 Å². The van der Waals surface area contributed by atoms with Crippen LogP contribution in [0, 0.1) is 0 Å². The summed E-state index contributed by atoms with van der Waals surface area (Å²) in [6.07, 6.45) is 0. The summed E-state index contributed by atoms with van der Waals surface area (Å²) < 4.78 is 0. The van der Waals surface area contributed by atoms with Crippen LogP contribution in [-0.4, -0.2) is 67.9 Å². The van der Waals surface area contributed by atoms with E-state index in [1.807, 2.05) is 55.1 Å². The Bertz CT molecular complexity index is 548. The summed E-state index contributed by atoms with van der Waals surface area (Å²) in [5.74, 6) is 0.0848. The van der Waals surface area contributed by atoms with Crippen LogP contribution in [0.3, 0.4) is 0 Å². The van der Waals surface area contributed by atoms with Gasteiger partial charge in [0.15, 0.2) is 0 Å². The maximum atomic E-state index is 12.4. The number of nitrogens with one attached hydrogen (secondary N) is 1. The highest BCUT2D eigenvalue weighted by Gasteiger charge is 2.26. The number of hydrogen-bond acceptors (Lipinski definition) is 4. The molecule has 2 rings (SSSR count). The highest BCUT2D eigenvalue weighted by Crippen LogP contribution is 2.16. The fourth-order valence-corrected chi connectivity index (χ4v) is 2.68. The second kappa shape index (κ2) is 7.46. The molecular weight excluding hydrogens is 292 g/mol. The van der Waals surface area contributed by atoms with Gasteiger partial charge in [-0.05, 0) is 31.2 Å². The zero-order chi connectivity index (χ0) is 17.0. The smallest absolute Gasteiger partial charge is 0.241 e. The summed E-state index contributed by atoms with van der Waals surface area (Å²) in [6, 6.07) is 7.57. The lowest BCUT2D eigenvalue weighted by molar-refractivity contribution is -0.131. The number of carbonyl (C=O) groups excluding carboxylic acids is 2. The molecule has 0 radical (unpaired) electrons. The van der Waals surface area contributed by atoms with E-state index in [1.165, 1.54) is 0 Å². The van der Waals surface area contributed by atoms with E-state index in [9.17, 15) is 9.59 Å². The molecule has 1 aliphatic rings. The number of anilines is 2. The molecule has 0 aromatic heterocycles. The lowest BCUT2D eigenvalue weighted by Gasteiger charge is -2.37. The lowest BCUT2D eigenvalue weighted by atomic mass is 10.2. The van der Waals surface area contributed by atoms with E-state index in [2.05, 4.69) is 10.2 Å². The maximum absolute atomic E-state index is 12.4. The fourth-order valence-electron chi connectivity index (χ4n) is 2.68. The van der Waals surface area contributed by atoms with Gasteiger partial charge in [0.1, 0.15) is 0 Å². The summed E-state index contributed by atoms with van der Waals surface area (Å²) in [5.41, 5.74) is 1.89. The quantitative estimate of drug-likeness (QED) is 0.908. The van der Waals surface area contributed by atoms with Gasteiger partial charge < -0.3 is 15.1 Å². The molecule has 1 N–H and O–H groups in total. The van der Waals surface area contributed by atoms with Gasteiger partial charge in [-0.1, -0.05) is 0 Å². The fraction of sp³-hybridized carbons (Fsp3) is 0.529. The highest BCUT2D eigenvalue weighted by atomic mass is 16.2. The minimum Gasteiger partial charge on any atom is -0.378 e. The van der Waals surface area contributed by atoms with Crippen molar-refractivity contribution in [3.8, 4) is 0 Å². The van der Waals surface area contributed by atoms with Gasteiger partial charge in [-0.2, -0.15) is 0 Å². The Morgan fingerprint density at radius 1 is 1.09 bits per heavy atom. The molecule has 1 atom stereocenters. The van der Waals surface area contributed by atoms with E-state index < -0.39 is 0 Å². The van der Waals surface area contributed by atoms with Crippen LogP contribution in [0.4, 0.5) is 11.4 Å². The molecule has 1 fully saturated rings. The summed E-state index contributed by atoms with van der Waals surface area (Å²) in [4.78, 5) is 29.7. The number of amides is 2. The van der Waals surface area contributed by atoms with Crippen LogP contribution in [0.25, 0.3) is 0 Å². The predicted molar refractivity (Wildman–Crippen MR) is 92.7 cm³/mol. The van der Waals surface area contributed by atoms with Gasteiger partial charge in [0, 0.05) is 58.6 Å². The molecule has 0 aliphatic carbocycles. The van der Waals surface area contributed by atoms with Crippen molar-refractivity contribution in [3.05, 3.63) is 24.3 Å². The van der Waals surface area contributed by atoms with E-state index in [-0.39, 0.29) is 17.9 Å². The molecule has 6 nitrogen and oxygen atoms in total. The molecule has 2 amide bonds. The van der Waals surface area contributed by atoms with Crippen molar-refractivity contribution < 1.29 is 9.59 Å². The Balaban J connectivity index is 1.89. The van der Waals surface area contributed by atoms with Gasteiger partial charge in [0.25, 0.3) is 0 Å². The topological polar surface area (TPSA) is 55.9 Å². The van der Waals surface area contributed by atoms with Crippen molar-refractivity contribution >= 4 is 23.2 Å². The Kier molecular flexibility index (Phi) is 5.60. The standard InChI is InChI=1S/C17H26N4O2/c1-13(20-9-11-21(12-10-20)14(2)22)17(23)18-15-5-7-16(8-6-15)19(3)4/h5-8,13H,9-12H2,1-4H3,(H,18,23)/t13-/m0/s1. The normalized spacial score (nSPS) is 16.8. The number of rotatable bonds is 4. The number of nitrogens with zero attached hydrogens (tertiary/aromatic N) is 3. The van der Waals surface area contributed by atoms with Crippen LogP contribution < -0.4 is 10.2 Å². The van der Waals surface area contributed by atoms with E-state index in [0.717, 1.165) is 24.5 Å². The first-order valence-electron chi connectivity index (χ1n) is 7.96. The molecule has 6 heteroatoms. The van der Waals surface area contributed by atoms with Crippen LogP contribution in [0.15, 0.2) is 24.3 Å². The molecule has 0 spiro atoms. The molecular formula is C17H26N4O2. The molecule has 0 bridgehead atoms. The van der Waals surface area contributed by atoms with E-state index >= 15 is 0 Å². The van der Waals surface area contributed by atoms with Crippen molar-refractivity contribution in [1.82, 2.24) is 9.80 Å². The average Bonchev–Trinajstić information content (AvgIpc) is 2.54. The molecule has 1 saturated heterocycles. The largest absolute Gasteiger partial charge is 0.378 e. The first kappa shape index (κ1) is 17.3. The second-order valence-electron chi connectivity index (χ2n) is 6.15. The molecule has 0 saturated carbocycles. The van der Waals surface area contributed by atoms with Gasteiger partial charge in [-0.3, -0.25) is 14.5 Å². The third kappa shape index (κ3) is 4.45. The van der Waals surface area contributed by atoms with Gasteiger partial charge in [0.2, 0.25) is 11.8 Å². The van der Waals surface area contributed by atoms with Crippen LogP contribution in [0.1, 0.15) is 13.8 Å². The third-order valence-electron chi connectivity index (χ3n) is 4.34. The maximum Gasteiger partial charge on any atom is 0.241 e. The Morgan fingerprint density at radius 2 is 1.65 bits per heavy atom. The minimum absolute atomic E-state index is 0.0149. The van der Waals surface area contributed by atoms with Crippen molar-refractivity contribution in [3.63, 3.8) is 0 Å². The van der Waals surface area contributed by atoms with Crippen LogP contribution in [0.5, 0.6) is 0 Å². The molecule has 23 heavy (non-hydrogen) atoms. The van der Waals surface area contributed by atoms with Crippen molar-refractivity contribution in [2.75, 3.05) is 50.5 Å². The summed E-state index contributed by atoms with van der Waals surface area (Å²) >= 11 is 0. The van der Waals surface area contributed by atoms with Gasteiger partial charge >= 0.3 is 0 Å². The van der Waals surface area contributed by atoms with Crippen LogP contribution in [-0.2, 0) is 9.59 Å². The minimum atomic E-state index is -0.211. The Labute approximate surface area is 138 Å². The van der Waals surface area contributed by atoms with E-state index in [0.29, 0.717) is 13.1 Å². The zero-order valence-corrected chi connectivity index (χ0v) is 14.4. The highest BCUT2D eigenvalue weighted by molar-refractivity contribution is 5.94. The first-order chi connectivity index (χ1) is 10.9. The molecule has 1 aromatic rings. The second-order valence-corrected chi connectivity index (χ2v) is 6.15. The first-order valence-corrected chi connectivity index (χ1v) is 7.96. The van der Waals surface area contributed by atoms with Gasteiger partial charge in [-0.25, -0.2) is 0 Å². The Hall–Kier alpha value is -2.08. The Morgan fingerprint density at radius 3 is 2.13 bits per heavy atom. The van der Waals surface area contributed by atoms with E-state index in [1.54, 1.807) is 6.92 Å². The number of piperazine rings is 1.